The second-order valence-corrected chi connectivity index (χ2v) is 4.25. The summed E-state index contributed by atoms with van der Waals surface area (Å²) in [7, 11) is 0. The number of amides is 1. The van der Waals surface area contributed by atoms with Gasteiger partial charge in [0.2, 0.25) is 0 Å². The smallest absolute Gasteiger partial charge is 0.353 e. The Morgan fingerprint density at radius 2 is 2.40 bits per heavy atom. The predicted molar refractivity (Wildman–Crippen MR) is 52.6 cm³/mol. The van der Waals surface area contributed by atoms with Gasteiger partial charge in [0.15, 0.2) is 0 Å². The highest BCUT2D eigenvalue weighted by atomic mass is 32.2. The number of rotatable bonds is 2. The summed E-state index contributed by atoms with van der Waals surface area (Å²) in [5.74, 6) is -1.52. The molecule has 0 radical (unpaired) electrons. The summed E-state index contributed by atoms with van der Waals surface area (Å²) in [6, 6.07) is 0. The van der Waals surface area contributed by atoms with Crippen LogP contribution >= 0.6 is 11.8 Å². The van der Waals surface area contributed by atoms with Gasteiger partial charge in [0.1, 0.15) is 17.7 Å². The molecular formula is C9H8FNO3S. The van der Waals surface area contributed by atoms with Crippen molar-refractivity contribution in [1.82, 2.24) is 4.90 Å². The molecule has 1 fully saturated rings. The number of allylic oxidation sites excluding steroid dienone is 1. The first-order valence-electron chi connectivity index (χ1n) is 4.26. The minimum Gasteiger partial charge on any atom is -0.477 e. The summed E-state index contributed by atoms with van der Waals surface area (Å²) in [6.07, 6.45) is 0. The van der Waals surface area contributed by atoms with E-state index < -0.39 is 18.6 Å². The molecule has 1 N–H and O–H groups in total. The molecular weight excluding hydrogens is 221 g/mol. The number of aliphatic carboxylic acids is 1. The van der Waals surface area contributed by atoms with Gasteiger partial charge in [0, 0.05) is 5.41 Å². The van der Waals surface area contributed by atoms with E-state index in [2.05, 4.69) is 0 Å². The highest BCUT2D eigenvalue weighted by Gasteiger charge is 2.50. The van der Waals surface area contributed by atoms with Crippen LogP contribution in [0.2, 0.25) is 0 Å². The molecule has 0 bridgehead atoms. The second kappa shape index (κ2) is 3.37. The van der Waals surface area contributed by atoms with Crippen molar-refractivity contribution in [3.8, 4) is 0 Å². The van der Waals surface area contributed by atoms with E-state index in [1.807, 2.05) is 0 Å². The average molecular weight is 229 g/mol. The Labute approximate surface area is 89.4 Å². The van der Waals surface area contributed by atoms with Crippen molar-refractivity contribution in [2.45, 2.75) is 12.3 Å². The van der Waals surface area contributed by atoms with Gasteiger partial charge in [-0.3, -0.25) is 9.69 Å². The summed E-state index contributed by atoms with van der Waals surface area (Å²) in [5.41, 5.74) is 0.759. The highest BCUT2D eigenvalue weighted by molar-refractivity contribution is 8.03. The van der Waals surface area contributed by atoms with Crippen LogP contribution < -0.4 is 0 Å². The normalized spacial score (nSPS) is 27.1. The number of carboxylic acids is 1. The Bertz CT molecular complexity index is 416. The fourth-order valence-corrected chi connectivity index (χ4v) is 2.82. The van der Waals surface area contributed by atoms with Crippen molar-refractivity contribution in [2.75, 3.05) is 6.67 Å². The van der Waals surface area contributed by atoms with Crippen LogP contribution in [0.1, 0.15) is 6.92 Å². The van der Waals surface area contributed by atoms with Crippen molar-refractivity contribution in [3.63, 3.8) is 0 Å². The zero-order chi connectivity index (χ0) is 11.2. The summed E-state index contributed by atoms with van der Waals surface area (Å²) in [5, 5.41) is 9.86. The maximum absolute atomic E-state index is 12.4. The number of halogens is 1. The lowest BCUT2D eigenvalue weighted by Gasteiger charge is -2.38. The lowest BCUT2D eigenvalue weighted by atomic mass is 10.00. The molecule has 1 amide bonds. The quantitative estimate of drug-likeness (QED) is 0.569. The van der Waals surface area contributed by atoms with Gasteiger partial charge >= 0.3 is 5.97 Å². The lowest BCUT2D eigenvalue weighted by Crippen LogP contribution is -2.51. The van der Waals surface area contributed by atoms with Crippen LogP contribution in [0.3, 0.4) is 0 Å². The first-order valence-corrected chi connectivity index (χ1v) is 5.20. The minimum atomic E-state index is -1.13. The molecule has 2 aliphatic rings. The standard InChI is InChI=1S/C9H8FNO3S/c1-4(2-10)6-7(12)11-5(9(13)14)3-15-8(6)11/h3,8H,2H2,1H3,(H,13,14)/b6-4-/t8-/m1/s1. The number of carbonyl (C=O) groups is 2. The van der Waals surface area contributed by atoms with E-state index in [9.17, 15) is 14.0 Å². The van der Waals surface area contributed by atoms with Crippen molar-refractivity contribution in [3.05, 3.63) is 22.3 Å². The van der Waals surface area contributed by atoms with Crippen LogP contribution in [0.4, 0.5) is 4.39 Å². The Morgan fingerprint density at radius 1 is 1.73 bits per heavy atom. The summed E-state index contributed by atoms with van der Waals surface area (Å²) < 4.78 is 12.4. The average Bonchev–Trinajstić information content (AvgIpc) is 2.57. The summed E-state index contributed by atoms with van der Waals surface area (Å²) in [4.78, 5) is 23.4. The van der Waals surface area contributed by atoms with E-state index in [1.165, 1.54) is 22.1 Å². The van der Waals surface area contributed by atoms with Crippen molar-refractivity contribution < 1.29 is 19.1 Å². The number of carbonyl (C=O) groups excluding carboxylic acids is 1. The minimum absolute atomic E-state index is 0.0228. The molecule has 15 heavy (non-hydrogen) atoms. The Kier molecular flexibility index (Phi) is 2.30. The number of β-lactam (4-membered cyclic amide) rings is 1. The maximum atomic E-state index is 12.4. The Hall–Kier alpha value is -1.30. The third kappa shape index (κ3) is 1.28. The molecule has 1 saturated heterocycles. The fraction of sp³-hybridized carbons (Fsp3) is 0.333. The molecule has 0 unspecified atom stereocenters. The molecule has 0 spiro atoms. The van der Waals surface area contributed by atoms with E-state index >= 15 is 0 Å². The van der Waals surface area contributed by atoms with Crippen molar-refractivity contribution in [1.29, 1.82) is 0 Å². The first kappa shape index (κ1) is 10.2. The van der Waals surface area contributed by atoms with Gasteiger partial charge < -0.3 is 5.11 Å². The second-order valence-electron chi connectivity index (χ2n) is 3.30. The number of thioether (sulfide) groups is 1. The molecule has 0 aromatic carbocycles. The Balaban J connectivity index is 2.28. The number of carboxylic acid groups (broad SMARTS) is 1. The molecule has 0 aliphatic carbocycles. The van der Waals surface area contributed by atoms with Gasteiger partial charge in [-0.1, -0.05) is 0 Å². The third-order valence-corrected chi connectivity index (χ3v) is 3.44. The van der Waals surface area contributed by atoms with Crippen molar-refractivity contribution >= 4 is 23.6 Å². The highest BCUT2D eigenvalue weighted by Crippen LogP contribution is 2.45. The van der Waals surface area contributed by atoms with E-state index in [-0.39, 0.29) is 11.1 Å². The van der Waals surface area contributed by atoms with E-state index in [4.69, 9.17) is 5.11 Å². The molecule has 2 aliphatic heterocycles. The van der Waals surface area contributed by atoms with E-state index in [1.54, 1.807) is 6.92 Å². The number of hydrogen-bond acceptors (Lipinski definition) is 3. The van der Waals surface area contributed by atoms with Gasteiger partial charge in [-0.05, 0) is 12.5 Å². The molecule has 2 heterocycles. The number of nitrogens with zero attached hydrogens (tertiary/aromatic N) is 1. The topological polar surface area (TPSA) is 57.6 Å². The molecule has 6 heteroatoms. The van der Waals surface area contributed by atoms with Gasteiger partial charge in [-0.2, -0.15) is 0 Å². The van der Waals surface area contributed by atoms with E-state index in [0.29, 0.717) is 11.1 Å². The van der Waals surface area contributed by atoms with Crippen LogP contribution in [0.25, 0.3) is 0 Å². The third-order valence-electron chi connectivity index (χ3n) is 2.38. The molecule has 4 nitrogen and oxygen atoms in total. The lowest BCUT2D eigenvalue weighted by molar-refractivity contribution is -0.141. The predicted octanol–water partition coefficient (Wildman–Crippen LogP) is 1.11. The van der Waals surface area contributed by atoms with E-state index in [0.717, 1.165) is 0 Å². The zero-order valence-corrected chi connectivity index (χ0v) is 8.68. The molecule has 0 aromatic heterocycles. The van der Waals surface area contributed by atoms with Gasteiger partial charge in [0.05, 0.1) is 5.57 Å². The number of fused-ring (bicyclic) bond motifs is 1. The van der Waals surface area contributed by atoms with Gasteiger partial charge in [-0.25, -0.2) is 9.18 Å². The molecule has 2 rings (SSSR count). The summed E-state index contributed by atoms with van der Waals surface area (Å²) >= 11 is 1.22. The number of alkyl halides is 1. The fourth-order valence-electron chi connectivity index (χ4n) is 1.57. The SMILES string of the molecule is C/C(CF)=C1\C(=O)N2C(C(=O)O)=CS[C@H]12. The molecule has 80 valence electrons. The maximum Gasteiger partial charge on any atom is 0.353 e. The van der Waals surface area contributed by atoms with Crippen LogP contribution in [-0.4, -0.2) is 33.9 Å². The zero-order valence-electron chi connectivity index (χ0n) is 7.86. The molecule has 1 atom stereocenters. The van der Waals surface area contributed by atoms with Crippen molar-refractivity contribution in [2.24, 2.45) is 0 Å². The van der Waals surface area contributed by atoms with Crippen LogP contribution in [-0.2, 0) is 9.59 Å². The monoisotopic (exact) mass is 229 g/mol. The summed E-state index contributed by atoms with van der Waals surface area (Å²) in [6.45, 7) is 0.873. The van der Waals surface area contributed by atoms with Crippen LogP contribution in [0.5, 0.6) is 0 Å². The first-order chi connectivity index (χ1) is 7.07. The van der Waals surface area contributed by atoms with Crippen LogP contribution in [0, 0.1) is 0 Å². The Morgan fingerprint density at radius 3 is 2.93 bits per heavy atom. The van der Waals surface area contributed by atoms with Gasteiger partial charge in [-0.15, -0.1) is 11.8 Å². The number of hydrogen-bond donors (Lipinski definition) is 1. The molecule has 0 saturated carbocycles. The molecule has 0 aromatic rings. The largest absolute Gasteiger partial charge is 0.477 e. The van der Waals surface area contributed by atoms with Crippen LogP contribution in [0.15, 0.2) is 22.3 Å². The van der Waals surface area contributed by atoms with Gasteiger partial charge in [0.25, 0.3) is 5.91 Å².